The van der Waals surface area contributed by atoms with Gasteiger partial charge in [0.25, 0.3) is 0 Å². The number of hydrogen-bond donors (Lipinski definition) is 0. The third-order valence-corrected chi connectivity index (χ3v) is 5.58. The lowest BCUT2D eigenvalue weighted by molar-refractivity contribution is 0.0690. The second-order valence-corrected chi connectivity index (χ2v) is 7.10. The van der Waals surface area contributed by atoms with Crippen molar-refractivity contribution >= 4 is 17.7 Å². The van der Waals surface area contributed by atoms with Crippen molar-refractivity contribution in [3.63, 3.8) is 0 Å². The van der Waals surface area contributed by atoms with Crippen LogP contribution in [0.15, 0.2) is 24.3 Å². The summed E-state index contributed by atoms with van der Waals surface area (Å²) in [7, 11) is 2.20. The Hall–Kier alpha value is -1.26. The van der Waals surface area contributed by atoms with Gasteiger partial charge in [0, 0.05) is 30.2 Å². The lowest BCUT2D eigenvalue weighted by Crippen LogP contribution is -2.49. The van der Waals surface area contributed by atoms with Crippen LogP contribution < -0.4 is 0 Å². The van der Waals surface area contributed by atoms with Crippen molar-refractivity contribution in [2.75, 3.05) is 26.7 Å². The number of amides is 1. The van der Waals surface area contributed by atoms with Crippen molar-refractivity contribution in [1.29, 1.82) is 0 Å². The fourth-order valence-electron chi connectivity index (χ4n) is 3.40. The maximum atomic E-state index is 11.8. The van der Waals surface area contributed by atoms with Crippen molar-refractivity contribution in [3.8, 4) is 0 Å². The van der Waals surface area contributed by atoms with Gasteiger partial charge in [-0.1, -0.05) is 30.7 Å². The second-order valence-electron chi connectivity index (χ2n) is 6.66. The Morgan fingerprint density at radius 1 is 1.29 bits per heavy atom. The summed E-state index contributed by atoms with van der Waals surface area (Å²) in [5, 5.41) is 0.776. The number of ether oxygens (including phenoxy) is 1. The number of halogens is 1. The summed E-state index contributed by atoms with van der Waals surface area (Å²) < 4.78 is 5.09. The molecule has 0 aromatic heterocycles. The molecular formula is C19H29ClN2O2. The van der Waals surface area contributed by atoms with E-state index in [0.717, 1.165) is 31.0 Å². The highest BCUT2D eigenvalue weighted by Gasteiger charge is 2.29. The van der Waals surface area contributed by atoms with E-state index in [1.807, 2.05) is 24.0 Å². The van der Waals surface area contributed by atoms with Gasteiger partial charge in [-0.3, -0.25) is 0 Å². The zero-order chi connectivity index (χ0) is 17.7. The molecule has 134 valence electrons. The molecule has 2 atom stereocenters. The summed E-state index contributed by atoms with van der Waals surface area (Å²) in [6.45, 7) is 8.37. The summed E-state index contributed by atoms with van der Waals surface area (Å²) in [5.41, 5.74) is 1.31. The van der Waals surface area contributed by atoms with E-state index in [4.69, 9.17) is 16.3 Å². The third kappa shape index (κ3) is 4.64. The lowest BCUT2D eigenvalue weighted by atomic mass is 9.91. The molecule has 1 amide bonds. The minimum atomic E-state index is -0.179. The molecule has 0 aliphatic carbocycles. The first-order chi connectivity index (χ1) is 11.4. The first-order valence-corrected chi connectivity index (χ1v) is 9.21. The molecule has 1 fully saturated rings. The van der Waals surface area contributed by atoms with Gasteiger partial charge in [0.2, 0.25) is 0 Å². The van der Waals surface area contributed by atoms with Gasteiger partial charge in [0.1, 0.15) is 0 Å². The first-order valence-electron chi connectivity index (χ1n) is 8.83. The van der Waals surface area contributed by atoms with E-state index in [2.05, 4.69) is 37.9 Å². The minimum Gasteiger partial charge on any atom is -0.450 e. The minimum absolute atomic E-state index is 0.179. The monoisotopic (exact) mass is 352 g/mol. The molecule has 0 spiro atoms. The number of carbonyl (C=O) groups is 1. The lowest BCUT2D eigenvalue weighted by Gasteiger charge is -2.40. The molecule has 1 aromatic rings. The molecule has 0 N–H and O–H groups in total. The number of benzene rings is 1. The number of nitrogens with zero attached hydrogens (tertiary/aromatic N) is 2. The molecule has 0 bridgehead atoms. The smallest absolute Gasteiger partial charge is 0.409 e. The van der Waals surface area contributed by atoms with Crippen molar-refractivity contribution in [3.05, 3.63) is 34.9 Å². The van der Waals surface area contributed by atoms with E-state index < -0.39 is 0 Å². The molecule has 0 radical (unpaired) electrons. The normalized spacial score (nSPS) is 18.5. The van der Waals surface area contributed by atoms with Crippen molar-refractivity contribution in [2.45, 2.75) is 51.6 Å². The van der Waals surface area contributed by atoms with Crippen LogP contribution in [0.5, 0.6) is 0 Å². The van der Waals surface area contributed by atoms with Crippen LogP contribution in [0.4, 0.5) is 4.79 Å². The molecule has 0 saturated carbocycles. The fourth-order valence-corrected chi connectivity index (χ4v) is 3.53. The van der Waals surface area contributed by atoms with E-state index in [9.17, 15) is 4.79 Å². The van der Waals surface area contributed by atoms with Gasteiger partial charge in [-0.2, -0.15) is 0 Å². The Balaban J connectivity index is 1.90. The highest BCUT2D eigenvalue weighted by Crippen LogP contribution is 2.27. The van der Waals surface area contributed by atoms with Gasteiger partial charge in [-0.05, 0) is 57.4 Å². The average molecular weight is 353 g/mol. The highest BCUT2D eigenvalue weighted by atomic mass is 35.5. The van der Waals surface area contributed by atoms with Crippen LogP contribution in [0, 0.1) is 0 Å². The van der Waals surface area contributed by atoms with Crippen LogP contribution in [0.25, 0.3) is 0 Å². The van der Waals surface area contributed by atoms with Crippen molar-refractivity contribution in [1.82, 2.24) is 9.80 Å². The van der Waals surface area contributed by atoms with Crippen molar-refractivity contribution < 1.29 is 9.53 Å². The Bertz CT molecular complexity index is 527. The van der Waals surface area contributed by atoms with Gasteiger partial charge >= 0.3 is 6.09 Å². The second kappa shape index (κ2) is 8.72. The maximum Gasteiger partial charge on any atom is 0.409 e. The Kier molecular flexibility index (Phi) is 6.93. The van der Waals surface area contributed by atoms with E-state index in [-0.39, 0.29) is 6.09 Å². The maximum absolute atomic E-state index is 11.8. The topological polar surface area (TPSA) is 32.8 Å². The van der Waals surface area contributed by atoms with E-state index in [0.29, 0.717) is 24.6 Å². The molecule has 5 heteroatoms. The molecular weight excluding hydrogens is 324 g/mol. The number of carbonyl (C=O) groups excluding carboxylic acids is 1. The Labute approximate surface area is 150 Å². The zero-order valence-corrected chi connectivity index (χ0v) is 15.9. The summed E-state index contributed by atoms with van der Waals surface area (Å²) >= 11 is 5.99. The van der Waals surface area contributed by atoms with Crippen LogP contribution in [0.3, 0.4) is 0 Å². The number of likely N-dealkylation sites (tertiary alicyclic amines) is 1. The molecule has 2 rings (SSSR count). The quantitative estimate of drug-likeness (QED) is 0.788. The summed E-state index contributed by atoms with van der Waals surface area (Å²) in [6, 6.07) is 9.06. The number of rotatable bonds is 5. The summed E-state index contributed by atoms with van der Waals surface area (Å²) in [5.74, 6) is 0.426. The van der Waals surface area contributed by atoms with Crippen LogP contribution >= 0.6 is 11.6 Å². The zero-order valence-electron chi connectivity index (χ0n) is 15.2. The molecule has 1 heterocycles. The van der Waals surface area contributed by atoms with Gasteiger partial charge < -0.3 is 14.5 Å². The van der Waals surface area contributed by atoms with E-state index in [1.54, 1.807) is 0 Å². The molecule has 0 unspecified atom stereocenters. The Morgan fingerprint density at radius 3 is 2.42 bits per heavy atom. The van der Waals surface area contributed by atoms with Crippen molar-refractivity contribution in [2.24, 2.45) is 0 Å². The van der Waals surface area contributed by atoms with E-state index >= 15 is 0 Å². The van der Waals surface area contributed by atoms with Crippen LogP contribution in [0.1, 0.15) is 45.1 Å². The van der Waals surface area contributed by atoms with Gasteiger partial charge in [-0.15, -0.1) is 0 Å². The predicted octanol–water partition coefficient (Wildman–Crippen LogP) is 4.38. The van der Waals surface area contributed by atoms with Crippen LogP contribution in [0.2, 0.25) is 5.02 Å². The number of piperidine rings is 1. The fraction of sp³-hybridized carbons (Fsp3) is 0.632. The van der Waals surface area contributed by atoms with Gasteiger partial charge in [0.05, 0.1) is 6.61 Å². The SMILES string of the molecule is CCOC(=O)N1CCC(N(C)[C@@H](C)[C@@H](C)c2ccc(Cl)cc2)CC1. The van der Waals surface area contributed by atoms with Gasteiger partial charge in [-0.25, -0.2) is 4.79 Å². The summed E-state index contributed by atoms with van der Waals surface area (Å²) in [4.78, 5) is 16.1. The molecule has 1 aliphatic rings. The molecule has 1 aliphatic heterocycles. The molecule has 4 nitrogen and oxygen atoms in total. The van der Waals surface area contributed by atoms with E-state index in [1.165, 1.54) is 5.56 Å². The largest absolute Gasteiger partial charge is 0.450 e. The molecule has 24 heavy (non-hydrogen) atoms. The third-order valence-electron chi connectivity index (χ3n) is 5.33. The number of likely N-dealkylation sites (N-methyl/N-ethyl adjacent to an activating group) is 1. The average Bonchev–Trinajstić information content (AvgIpc) is 2.61. The van der Waals surface area contributed by atoms with Crippen LogP contribution in [-0.4, -0.2) is 54.7 Å². The Morgan fingerprint density at radius 2 is 1.88 bits per heavy atom. The number of hydrogen-bond acceptors (Lipinski definition) is 3. The molecule has 1 aromatic carbocycles. The predicted molar refractivity (Wildman–Crippen MR) is 98.7 cm³/mol. The standard InChI is InChI=1S/C19H29ClN2O2/c1-5-24-19(23)22-12-10-18(11-13-22)21(4)15(3)14(2)16-6-8-17(20)9-7-16/h6-9,14-15,18H,5,10-13H2,1-4H3/t14-,15+/m1/s1. The molecule has 1 saturated heterocycles. The summed E-state index contributed by atoms with van der Waals surface area (Å²) in [6.07, 6.45) is 1.81. The van der Waals surface area contributed by atoms with Crippen LogP contribution in [-0.2, 0) is 4.74 Å². The van der Waals surface area contributed by atoms with Gasteiger partial charge in [0.15, 0.2) is 0 Å². The highest BCUT2D eigenvalue weighted by molar-refractivity contribution is 6.30. The first kappa shape index (κ1) is 19.1.